The lowest BCUT2D eigenvalue weighted by Gasteiger charge is -1.95. The zero-order valence-corrected chi connectivity index (χ0v) is 7.91. The quantitative estimate of drug-likeness (QED) is 0.504. The van der Waals surface area contributed by atoms with Gasteiger partial charge in [-0.05, 0) is 12.1 Å². The number of aromatic nitrogens is 1. The average Bonchev–Trinajstić information content (AvgIpc) is 2.56. The van der Waals surface area contributed by atoms with Gasteiger partial charge in [0.05, 0.1) is 2.74 Å². The summed E-state index contributed by atoms with van der Waals surface area (Å²) in [6.45, 7) is 0. The SMILES string of the molecule is [2H]c1cccc2c3cccc([2H])c3n(C)c12. The molecule has 1 aromatic heterocycles. The van der Waals surface area contributed by atoms with Gasteiger partial charge in [-0.25, -0.2) is 0 Å². The predicted molar refractivity (Wildman–Crippen MR) is 60.4 cm³/mol. The third-order valence-corrected chi connectivity index (χ3v) is 2.63. The van der Waals surface area contributed by atoms with Crippen LogP contribution in [0.2, 0.25) is 0 Å². The van der Waals surface area contributed by atoms with Crippen molar-refractivity contribution in [2.75, 3.05) is 0 Å². The Morgan fingerprint density at radius 1 is 0.929 bits per heavy atom. The van der Waals surface area contributed by atoms with Crippen LogP contribution in [0.1, 0.15) is 2.74 Å². The lowest BCUT2D eigenvalue weighted by molar-refractivity contribution is 1.01. The fourth-order valence-electron chi connectivity index (χ4n) is 1.96. The normalized spacial score (nSPS) is 13.2. The minimum Gasteiger partial charge on any atom is -0.344 e. The largest absolute Gasteiger partial charge is 0.344 e. The average molecular weight is 183 g/mol. The van der Waals surface area contributed by atoms with Gasteiger partial charge in [-0.15, -0.1) is 0 Å². The minimum atomic E-state index is 0.510. The molecule has 1 heterocycles. The number of para-hydroxylation sites is 2. The van der Waals surface area contributed by atoms with E-state index in [1.54, 1.807) is 12.1 Å². The summed E-state index contributed by atoms with van der Waals surface area (Å²) >= 11 is 0. The summed E-state index contributed by atoms with van der Waals surface area (Å²) < 4.78 is 17.8. The fraction of sp³-hybridized carbons (Fsp3) is 0.0769. The summed E-state index contributed by atoms with van der Waals surface area (Å²) in [5, 5.41) is 2.11. The van der Waals surface area contributed by atoms with Crippen LogP contribution in [-0.4, -0.2) is 4.57 Å². The van der Waals surface area contributed by atoms with Crippen molar-refractivity contribution < 1.29 is 2.74 Å². The Balaban J connectivity index is 2.70. The van der Waals surface area contributed by atoms with E-state index in [2.05, 4.69) is 0 Å². The predicted octanol–water partition coefficient (Wildman–Crippen LogP) is 3.33. The van der Waals surface area contributed by atoms with E-state index < -0.39 is 0 Å². The Labute approximate surface area is 85.4 Å². The molecule has 0 atom stereocenters. The molecule has 0 saturated carbocycles. The lowest BCUT2D eigenvalue weighted by atomic mass is 10.2. The van der Waals surface area contributed by atoms with Crippen molar-refractivity contribution in [1.82, 2.24) is 4.57 Å². The summed E-state index contributed by atoms with van der Waals surface area (Å²) in [4.78, 5) is 0. The lowest BCUT2D eigenvalue weighted by Crippen LogP contribution is -1.84. The first-order valence-electron chi connectivity index (χ1n) is 5.63. The van der Waals surface area contributed by atoms with Crippen molar-refractivity contribution in [3.8, 4) is 0 Å². The molecule has 14 heavy (non-hydrogen) atoms. The van der Waals surface area contributed by atoms with Crippen LogP contribution >= 0.6 is 0 Å². The summed E-state index contributed by atoms with van der Waals surface area (Å²) in [5.74, 6) is 0. The fourth-order valence-corrected chi connectivity index (χ4v) is 1.96. The standard InChI is InChI=1S/C13H11N/c1-14-12-8-4-2-6-10(12)11-7-3-5-9-13(11)14/h2-9H,1H3/i8D,9D. The molecule has 3 rings (SSSR count). The molecule has 1 heteroatoms. The molecule has 0 saturated heterocycles. The second-order valence-corrected chi connectivity index (χ2v) is 3.42. The Kier molecular flexibility index (Phi) is 1.09. The topological polar surface area (TPSA) is 4.93 Å². The monoisotopic (exact) mass is 183 g/mol. The van der Waals surface area contributed by atoms with E-state index in [-0.39, 0.29) is 0 Å². The first-order chi connectivity index (χ1) is 7.70. The number of benzene rings is 2. The molecule has 0 amide bonds. The molecule has 0 aliphatic carbocycles. The van der Waals surface area contributed by atoms with Crippen LogP contribution in [0.4, 0.5) is 0 Å². The summed E-state index contributed by atoms with van der Waals surface area (Å²) in [5.41, 5.74) is 1.80. The number of aryl methyl sites for hydroxylation is 1. The van der Waals surface area contributed by atoms with E-state index in [0.717, 1.165) is 21.8 Å². The Morgan fingerprint density at radius 2 is 1.43 bits per heavy atom. The third kappa shape index (κ3) is 0.841. The smallest absolute Gasteiger partial charge is 0.0645 e. The molecular formula is C13H11N. The van der Waals surface area contributed by atoms with E-state index >= 15 is 0 Å². The van der Waals surface area contributed by atoms with Gasteiger partial charge in [-0.1, -0.05) is 36.4 Å². The number of hydrogen-bond acceptors (Lipinski definition) is 0. The Morgan fingerprint density at radius 3 is 1.93 bits per heavy atom. The van der Waals surface area contributed by atoms with Crippen molar-refractivity contribution in [1.29, 1.82) is 0 Å². The zero-order valence-electron chi connectivity index (χ0n) is 9.91. The first-order valence-corrected chi connectivity index (χ1v) is 4.63. The van der Waals surface area contributed by atoms with Crippen LogP contribution in [-0.2, 0) is 7.05 Å². The highest BCUT2D eigenvalue weighted by atomic mass is 14.9. The first kappa shape index (κ1) is 5.86. The van der Waals surface area contributed by atoms with Gasteiger partial charge in [0.15, 0.2) is 0 Å². The number of nitrogens with zero attached hydrogens (tertiary/aromatic N) is 1. The van der Waals surface area contributed by atoms with Gasteiger partial charge in [0, 0.05) is 28.9 Å². The van der Waals surface area contributed by atoms with E-state index in [0.29, 0.717) is 12.1 Å². The van der Waals surface area contributed by atoms with Gasteiger partial charge in [0.2, 0.25) is 0 Å². The molecule has 0 radical (unpaired) electrons. The highest BCUT2D eigenvalue weighted by molar-refractivity contribution is 6.07. The maximum absolute atomic E-state index is 7.93. The van der Waals surface area contributed by atoms with Gasteiger partial charge in [-0.2, -0.15) is 0 Å². The van der Waals surface area contributed by atoms with Crippen LogP contribution in [0.3, 0.4) is 0 Å². The van der Waals surface area contributed by atoms with E-state index in [4.69, 9.17) is 2.74 Å². The molecule has 0 N–H and O–H groups in total. The van der Waals surface area contributed by atoms with Crippen LogP contribution in [0.25, 0.3) is 21.8 Å². The van der Waals surface area contributed by atoms with Crippen LogP contribution in [0, 0.1) is 0 Å². The van der Waals surface area contributed by atoms with Crippen LogP contribution in [0.5, 0.6) is 0 Å². The van der Waals surface area contributed by atoms with Crippen molar-refractivity contribution in [3.05, 3.63) is 48.5 Å². The van der Waals surface area contributed by atoms with E-state index in [1.165, 1.54) is 0 Å². The Hall–Kier alpha value is -1.76. The molecule has 2 aromatic carbocycles. The maximum Gasteiger partial charge on any atom is 0.0645 e. The van der Waals surface area contributed by atoms with Crippen molar-refractivity contribution in [3.63, 3.8) is 0 Å². The molecule has 68 valence electrons. The number of rotatable bonds is 0. The van der Waals surface area contributed by atoms with Gasteiger partial charge < -0.3 is 4.57 Å². The van der Waals surface area contributed by atoms with Gasteiger partial charge in [0.1, 0.15) is 0 Å². The molecule has 0 aliphatic heterocycles. The number of fused-ring (bicyclic) bond motifs is 3. The van der Waals surface area contributed by atoms with Crippen LogP contribution < -0.4 is 0 Å². The Bertz CT molecular complexity index is 639. The highest BCUT2D eigenvalue weighted by Crippen LogP contribution is 2.26. The molecule has 0 aliphatic rings. The molecule has 0 spiro atoms. The summed E-state index contributed by atoms with van der Waals surface area (Å²) in [6, 6.07) is 12.4. The van der Waals surface area contributed by atoms with Crippen molar-refractivity contribution >= 4 is 21.8 Å². The summed E-state index contributed by atoms with van der Waals surface area (Å²) in [6.07, 6.45) is 0. The minimum absolute atomic E-state index is 0.510. The number of hydrogen-bond donors (Lipinski definition) is 0. The van der Waals surface area contributed by atoms with E-state index in [9.17, 15) is 0 Å². The second kappa shape index (κ2) is 2.61. The van der Waals surface area contributed by atoms with Gasteiger partial charge >= 0.3 is 0 Å². The molecule has 1 nitrogen and oxygen atoms in total. The zero-order chi connectivity index (χ0) is 11.3. The molecule has 0 fully saturated rings. The van der Waals surface area contributed by atoms with Gasteiger partial charge in [-0.3, -0.25) is 0 Å². The van der Waals surface area contributed by atoms with Crippen molar-refractivity contribution in [2.45, 2.75) is 0 Å². The third-order valence-electron chi connectivity index (χ3n) is 2.63. The second-order valence-electron chi connectivity index (χ2n) is 3.42. The molecule has 3 aromatic rings. The molecular weight excluding hydrogens is 170 g/mol. The highest BCUT2D eigenvalue weighted by Gasteiger charge is 2.04. The van der Waals surface area contributed by atoms with Gasteiger partial charge in [0.25, 0.3) is 0 Å². The van der Waals surface area contributed by atoms with E-state index in [1.807, 2.05) is 35.9 Å². The summed E-state index contributed by atoms with van der Waals surface area (Å²) in [7, 11) is 1.92. The van der Waals surface area contributed by atoms with Crippen molar-refractivity contribution in [2.24, 2.45) is 7.05 Å². The molecule has 0 unspecified atom stereocenters. The van der Waals surface area contributed by atoms with Crippen LogP contribution in [0.15, 0.2) is 48.5 Å². The molecule has 0 bridgehead atoms. The maximum atomic E-state index is 7.93.